The molecule has 0 radical (unpaired) electrons. The van der Waals surface area contributed by atoms with Crippen molar-refractivity contribution in [2.75, 3.05) is 32.2 Å². The van der Waals surface area contributed by atoms with E-state index in [0.29, 0.717) is 31.5 Å². The molecule has 1 fully saturated rings. The molecule has 1 aliphatic heterocycles. The van der Waals surface area contributed by atoms with Gasteiger partial charge in [-0.25, -0.2) is 9.78 Å². The maximum Gasteiger partial charge on any atom is 0.373 e. The highest BCUT2D eigenvalue weighted by Crippen LogP contribution is 2.37. The first kappa shape index (κ1) is 21.0. The van der Waals surface area contributed by atoms with Crippen LogP contribution in [0.4, 0.5) is 11.5 Å². The van der Waals surface area contributed by atoms with Gasteiger partial charge in [0.25, 0.3) is 0 Å². The van der Waals surface area contributed by atoms with Crippen LogP contribution in [-0.2, 0) is 14.3 Å². The Bertz CT molecular complexity index is 940. The van der Waals surface area contributed by atoms with Gasteiger partial charge in [0.05, 0.1) is 30.6 Å². The second kappa shape index (κ2) is 9.16. The molecule has 0 aliphatic carbocycles. The highest BCUT2D eigenvalue weighted by molar-refractivity contribution is 5.89. The van der Waals surface area contributed by atoms with Crippen molar-refractivity contribution < 1.29 is 28.7 Å². The molecule has 0 unspecified atom stereocenters. The molecule has 0 atom stereocenters. The number of hydrogen-bond acceptors (Lipinski definition) is 10. The molecule has 30 heavy (non-hydrogen) atoms. The third kappa shape index (κ3) is 4.45. The molecular formula is C19H20N4O7. The summed E-state index contributed by atoms with van der Waals surface area (Å²) in [5.74, 6) is -0.861. The zero-order valence-corrected chi connectivity index (χ0v) is 16.4. The quantitative estimate of drug-likeness (QED) is 0.392. The Kier molecular flexibility index (Phi) is 6.40. The van der Waals surface area contributed by atoms with Gasteiger partial charge in [-0.1, -0.05) is 0 Å². The number of carbonyl (C=O) groups is 2. The van der Waals surface area contributed by atoms with Crippen LogP contribution in [0.3, 0.4) is 0 Å². The first-order valence-electron chi connectivity index (χ1n) is 9.13. The topological polar surface area (TPSA) is 134 Å². The predicted octanol–water partition coefficient (Wildman–Crippen LogP) is 2.35. The molecule has 11 nitrogen and oxygen atoms in total. The number of piperidine rings is 1. The number of nitro groups is 1. The van der Waals surface area contributed by atoms with Gasteiger partial charge >= 0.3 is 23.5 Å². The molecule has 0 saturated carbocycles. The number of rotatable bonds is 6. The van der Waals surface area contributed by atoms with Crippen LogP contribution in [0.15, 0.2) is 30.6 Å². The van der Waals surface area contributed by atoms with Crippen LogP contribution in [0.5, 0.6) is 11.6 Å². The minimum atomic E-state index is -0.597. The molecule has 2 aromatic rings. The molecule has 3 rings (SSSR count). The van der Waals surface area contributed by atoms with Crippen LogP contribution >= 0.6 is 0 Å². The summed E-state index contributed by atoms with van der Waals surface area (Å²) in [6, 6.07) is 5.93. The van der Waals surface area contributed by atoms with Crippen LogP contribution in [0.2, 0.25) is 0 Å². The Morgan fingerprint density at radius 3 is 2.33 bits per heavy atom. The number of aromatic nitrogens is 2. The van der Waals surface area contributed by atoms with E-state index in [-0.39, 0.29) is 35.0 Å². The van der Waals surface area contributed by atoms with Gasteiger partial charge in [0.2, 0.25) is 5.82 Å². The van der Waals surface area contributed by atoms with Gasteiger partial charge in [-0.05, 0) is 37.1 Å². The molecule has 0 amide bonds. The Morgan fingerprint density at radius 2 is 1.77 bits per heavy atom. The lowest BCUT2D eigenvalue weighted by atomic mass is 9.97. The summed E-state index contributed by atoms with van der Waals surface area (Å²) in [6.07, 6.45) is 2.19. The fourth-order valence-corrected chi connectivity index (χ4v) is 3.20. The zero-order chi connectivity index (χ0) is 21.7. The number of methoxy groups -OCH3 is 2. The zero-order valence-electron chi connectivity index (χ0n) is 16.4. The first-order valence-corrected chi connectivity index (χ1v) is 9.13. The summed E-state index contributed by atoms with van der Waals surface area (Å²) in [6.45, 7) is 0.815. The molecule has 0 N–H and O–H groups in total. The van der Waals surface area contributed by atoms with Gasteiger partial charge in [-0.2, -0.15) is 4.98 Å². The fraction of sp³-hybridized carbons (Fsp3) is 0.368. The highest BCUT2D eigenvalue weighted by atomic mass is 16.6. The van der Waals surface area contributed by atoms with Crippen molar-refractivity contribution in [1.29, 1.82) is 0 Å². The Morgan fingerprint density at radius 1 is 1.10 bits per heavy atom. The van der Waals surface area contributed by atoms with E-state index < -0.39 is 10.9 Å². The minimum Gasteiger partial charge on any atom is -0.469 e. The number of nitrogens with zero attached hydrogens (tertiary/aromatic N) is 4. The molecule has 0 spiro atoms. The maximum atomic E-state index is 11.8. The van der Waals surface area contributed by atoms with Crippen LogP contribution in [0, 0.1) is 16.0 Å². The van der Waals surface area contributed by atoms with E-state index >= 15 is 0 Å². The number of hydrogen-bond donors (Lipinski definition) is 0. The van der Waals surface area contributed by atoms with E-state index in [9.17, 15) is 19.7 Å². The standard InChI is InChI=1S/C19H20N4O7/c1-28-18(24)12-3-5-14(6-4-12)30-17-15(23(26)27)16(20-11-21-17)22-9-7-13(8-10-22)19(25)29-2/h3-6,11,13H,7-10H2,1-2H3. The maximum absolute atomic E-state index is 11.8. The summed E-state index contributed by atoms with van der Waals surface area (Å²) < 4.78 is 15.0. The second-order valence-corrected chi connectivity index (χ2v) is 6.51. The van der Waals surface area contributed by atoms with Gasteiger partial charge < -0.3 is 19.1 Å². The van der Waals surface area contributed by atoms with Crippen molar-refractivity contribution in [2.24, 2.45) is 5.92 Å². The molecule has 1 aromatic carbocycles. The van der Waals surface area contributed by atoms with E-state index in [1.165, 1.54) is 44.8 Å². The van der Waals surface area contributed by atoms with Crippen LogP contribution in [0.1, 0.15) is 23.2 Å². The van der Waals surface area contributed by atoms with Crippen molar-refractivity contribution in [3.8, 4) is 11.6 Å². The van der Waals surface area contributed by atoms with E-state index in [1.807, 2.05) is 0 Å². The lowest BCUT2D eigenvalue weighted by Crippen LogP contribution is -2.37. The Balaban J connectivity index is 1.82. The van der Waals surface area contributed by atoms with Crippen molar-refractivity contribution in [2.45, 2.75) is 12.8 Å². The fourth-order valence-electron chi connectivity index (χ4n) is 3.20. The molecule has 2 heterocycles. The van der Waals surface area contributed by atoms with Crippen molar-refractivity contribution >= 4 is 23.4 Å². The van der Waals surface area contributed by atoms with Crippen molar-refractivity contribution in [3.63, 3.8) is 0 Å². The summed E-state index contributed by atoms with van der Waals surface area (Å²) in [7, 11) is 2.61. The largest absolute Gasteiger partial charge is 0.469 e. The van der Waals surface area contributed by atoms with Crippen molar-refractivity contribution in [3.05, 3.63) is 46.3 Å². The van der Waals surface area contributed by atoms with Crippen molar-refractivity contribution in [1.82, 2.24) is 9.97 Å². The highest BCUT2D eigenvalue weighted by Gasteiger charge is 2.33. The molecular weight excluding hydrogens is 396 g/mol. The Labute approximate surface area is 171 Å². The van der Waals surface area contributed by atoms with Gasteiger partial charge in [0, 0.05) is 13.1 Å². The molecule has 11 heteroatoms. The number of ether oxygens (including phenoxy) is 3. The van der Waals surface area contributed by atoms with Gasteiger partial charge in [0.15, 0.2) is 0 Å². The average Bonchev–Trinajstić information content (AvgIpc) is 2.78. The molecule has 1 aromatic heterocycles. The molecule has 0 bridgehead atoms. The average molecular weight is 416 g/mol. The summed E-state index contributed by atoms with van der Waals surface area (Å²) in [5, 5.41) is 11.8. The molecule has 1 aliphatic rings. The SMILES string of the molecule is COC(=O)c1ccc(Oc2ncnc(N3CCC(C(=O)OC)CC3)c2[N+](=O)[O-])cc1. The number of benzene rings is 1. The number of anilines is 1. The number of carbonyl (C=O) groups excluding carboxylic acids is 2. The third-order valence-corrected chi connectivity index (χ3v) is 4.77. The molecule has 1 saturated heterocycles. The summed E-state index contributed by atoms with van der Waals surface area (Å²) in [4.78, 5) is 44.1. The van der Waals surface area contributed by atoms with Crippen LogP contribution < -0.4 is 9.64 Å². The van der Waals surface area contributed by atoms with E-state index in [1.54, 1.807) is 4.90 Å². The lowest BCUT2D eigenvalue weighted by molar-refractivity contribution is -0.385. The minimum absolute atomic E-state index is 0.125. The summed E-state index contributed by atoms with van der Waals surface area (Å²) in [5.41, 5.74) is -0.0535. The normalized spacial score (nSPS) is 14.1. The van der Waals surface area contributed by atoms with E-state index in [4.69, 9.17) is 9.47 Å². The molecule has 158 valence electrons. The first-order chi connectivity index (χ1) is 14.4. The van der Waals surface area contributed by atoms with Crippen LogP contribution in [-0.4, -0.2) is 54.1 Å². The summed E-state index contributed by atoms with van der Waals surface area (Å²) >= 11 is 0. The van der Waals surface area contributed by atoms with Gasteiger partial charge in [0.1, 0.15) is 12.1 Å². The Hall–Kier alpha value is -3.76. The van der Waals surface area contributed by atoms with E-state index in [0.717, 1.165) is 0 Å². The van der Waals surface area contributed by atoms with E-state index in [2.05, 4.69) is 14.7 Å². The second-order valence-electron chi connectivity index (χ2n) is 6.51. The lowest BCUT2D eigenvalue weighted by Gasteiger charge is -2.31. The van der Waals surface area contributed by atoms with Gasteiger partial charge in [-0.15, -0.1) is 0 Å². The number of esters is 2. The monoisotopic (exact) mass is 416 g/mol. The third-order valence-electron chi connectivity index (χ3n) is 4.77. The predicted molar refractivity (Wildman–Crippen MR) is 103 cm³/mol. The van der Waals surface area contributed by atoms with Crippen LogP contribution in [0.25, 0.3) is 0 Å². The smallest absolute Gasteiger partial charge is 0.373 e. The van der Waals surface area contributed by atoms with Gasteiger partial charge in [-0.3, -0.25) is 14.9 Å².